The first-order valence-corrected chi connectivity index (χ1v) is 7.15. The standard InChI is InChI=1S/C14H18BrN3/c1-2-10-9-18(6-5-13(10)17)14-4-3-12(15)7-11(14)8-16/h3-4,7,10,13H,2,5-6,9,17H2,1H3. The molecule has 2 N–H and O–H groups in total. The van der Waals surface area contributed by atoms with Gasteiger partial charge < -0.3 is 10.6 Å². The molecule has 0 aromatic heterocycles. The van der Waals surface area contributed by atoms with E-state index in [9.17, 15) is 5.26 Å². The fourth-order valence-electron chi connectivity index (χ4n) is 2.57. The lowest BCUT2D eigenvalue weighted by atomic mass is 9.90. The van der Waals surface area contributed by atoms with Gasteiger partial charge in [-0.05, 0) is 30.5 Å². The summed E-state index contributed by atoms with van der Waals surface area (Å²) in [6.07, 6.45) is 2.09. The Hall–Kier alpha value is -1.05. The van der Waals surface area contributed by atoms with Gasteiger partial charge in [-0.2, -0.15) is 5.26 Å². The van der Waals surface area contributed by atoms with Crippen LogP contribution in [0.4, 0.5) is 5.69 Å². The molecule has 0 aliphatic carbocycles. The number of nitrogens with zero attached hydrogens (tertiary/aromatic N) is 2. The van der Waals surface area contributed by atoms with Gasteiger partial charge in [0.1, 0.15) is 6.07 Å². The van der Waals surface area contributed by atoms with E-state index in [4.69, 9.17) is 5.73 Å². The molecule has 2 unspecified atom stereocenters. The molecule has 1 aliphatic rings. The summed E-state index contributed by atoms with van der Waals surface area (Å²) in [4.78, 5) is 2.29. The van der Waals surface area contributed by atoms with Gasteiger partial charge in [-0.1, -0.05) is 29.3 Å². The molecule has 1 heterocycles. The zero-order valence-corrected chi connectivity index (χ0v) is 12.2. The van der Waals surface area contributed by atoms with Crippen LogP contribution < -0.4 is 10.6 Å². The van der Waals surface area contributed by atoms with Crippen molar-refractivity contribution in [2.75, 3.05) is 18.0 Å². The van der Waals surface area contributed by atoms with Crippen molar-refractivity contribution in [1.82, 2.24) is 0 Å². The Kier molecular flexibility index (Phi) is 4.26. The number of nitriles is 1. The molecule has 1 aromatic carbocycles. The summed E-state index contributed by atoms with van der Waals surface area (Å²) in [7, 11) is 0. The number of hydrogen-bond donors (Lipinski definition) is 1. The SMILES string of the molecule is CCC1CN(c2ccc(Br)cc2C#N)CCC1N. The van der Waals surface area contributed by atoms with E-state index in [2.05, 4.69) is 33.8 Å². The van der Waals surface area contributed by atoms with Crippen LogP contribution in [0, 0.1) is 17.2 Å². The van der Waals surface area contributed by atoms with Gasteiger partial charge in [-0.3, -0.25) is 0 Å². The number of halogens is 1. The predicted molar refractivity (Wildman–Crippen MR) is 77.4 cm³/mol. The Balaban J connectivity index is 2.25. The molecule has 96 valence electrons. The van der Waals surface area contributed by atoms with Crippen molar-refractivity contribution in [3.8, 4) is 6.07 Å². The summed E-state index contributed by atoms with van der Waals surface area (Å²) in [6.45, 7) is 4.07. The highest BCUT2D eigenvalue weighted by Crippen LogP contribution is 2.28. The smallest absolute Gasteiger partial charge is 0.101 e. The Morgan fingerprint density at radius 2 is 2.33 bits per heavy atom. The quantitative estimate of drug-likeness (QED) is 0.914. The summed E-state index contributed by atoms with van der Waals surface area (Å²) in [5, 5.41) is 9.23. The molecule has 0 radical (unpaired) electrons. The van der Waals surface area contributed by atoms with Crippen molar-refractivity contribution < 1.29 is 0 Å². The highest BCUT2D eigenvalue weighted by molar-refractivity contribution is 9.10. The van der Waals surface area contributed by atoms with Crippen molar-refractivity contribution in [1.29, 1.82) is 5.26 Å². The number of rotatable bonds is 2. The van der Waals surface area contributed by atoms with E-state index in [1.165, 1.54) is 0 Å². The molecule has 1 aromatic rings. The molecule has 0 spiro atoms. The average Bonchev–Trinajstić information content (AvgIpc) is 2.39. The summed E-state index contributed by atoms with van der Waals surface area (Å²) >= 11 is 3.41. The second-order valence-corrected chi connectivity index (χ2v) is 5.76. The summed E-state index contributed by atoms with van der Waals surface area (Å²) in [5.74, 6) is 0.522. The van der Waals surface area contributed by atoms with Gasteiger partial charge in [0, 0.05) is 23.6 Å². The molecule has 2 atom stereocenters. The topological polar surface area (TPSA) is 53.0 Å². The van der Waals surface area contributed by atoms with Gasteiger partial charge in [-0.15, -0.1) is 0 Å². The summed E-state index contributed by atoms with van der Waals surface area (Å²) in [6, 6.07) is 8.46. The number of anilines is 1. The Morgan fingerprint density at radius 3 is 3.00 bits per heavy atom. The molecule has 1 fully saturated rings. The lowest BCUT2D eigenvalue weighted by Gasteiger charge is -2.38. The van der Waals surface area contributed by atoms with Gasteiger partial charge in [-0.25, -0.2) is 0 Å². The van der Waals surface area contributed by atoms with E-state index in [1.807, 2.05) is 18.2 Å². The summed E-state index contributed by atoms with van der Waals surface area (Å²) < 4.78 is 0.948. The highest BCUT2D eigenvalue weighted by atomic mass is 79.9. The first-order valence-electron chi connectivity index (χ1n) is 6.36. The maximum absolute atomic E-state index is 9.23. The third kappa shape index (κ3) is 2.68. The van der Waals surface area contributed by atoms with Crippen LogP contribution in [0.15, 0.2) is 22.7 Å². The van der Waals surface area contributed by atoms with Gasteiger partial charge in [0.2, 0.25) is 0 Å². The molecule has 1 saturated heterocycles. The van der Waals surface area contributed by atoms with E-state index < -0.39 is 0 Å². The van der Waals surface area contributed by atoms with Crippen molar-refractivity contribution in [2.24, 2.45) is 11.7 Å². The second kappa shape index (κ2) is 5.73. The van der Waals surface area contributed by atoms with Crippen molar-refractivity contribution in [2.45, 2.75) is 25.8 Å². The molecule has 0 bridgehead atoms. The lowest BCUT2D eigenvalue weighted by molar-refractivity contribution is 0.348. The lowest BCUT2D eigenvalue weighted by Crippen LogP contribution is -2.47. The van der Waals surface area contributed by atoms with Gasteiger partial charge in [0.25, 0.3) is 0 Å². The van der Waals surface area contributed by atoms with Gasteiger partial charge >= 0.3 is 0 Å². The van der Waals surface area contributed by atoms with Crippen LogP contribution in [0.1, 0.15) is 25.3 Å². The second-order valence-electron chi connectivity index (χ2n) is 4.84. The molecule has 0 saturated carbocycles. The molecule has 3 nitrogen and oxygen atoms in total. The molecule has 1 aliphatic heterocycles. The molecule has 4 heteroatoms. The van der Waals surface area contributed by atoms with Crippen LogP contribution in [0.2, 0.25) is 0 Å². The van der Waals surface area contributed by atoms with E-state index in [1.54, 1.807) is 0 Å². The molecular weight excluding hydrogens is 290 g/mol. The Bertz CT molecular complexity index is 467. The Morgan fingerprint density at radius 1 is 1.56 bits per heavy atom. The van der Waals surface area contributed by atoms with Crippen molar-refractivity contribution in [3.05, 3.63) is 28.2 Å². The number of benzene rings is 1. The normalized spacial score (nSPS) is 23.8. The van der Waals surface area contributed by atoms with Crippen LogP contribution in [0.25, 0.3) is 0 Å². The van der Waals surface area contributed by atoms with Crippen LogP contribution in [0.3, 0.4) is 0 Å². The predicted octanol–water partition coefficient (Wildman–Crippen LogP) is 2.88. The average molecular weight is 308 g/mol. The van der Waals surface area contributed by atoms with Gasteiger partial charge in [0.05, 0.1) is 11.3 Å². The largest absolute Gasteiger partial charge is 0.370 e. The first-order chi connectivity index (χ1) is 8.65. The molecule has 18 heavy (non-hydrogen) atoms. The monoisotopic (exact) mass is 307 g/mol. The van der Waals surface area contributed by atoms with E-state index in [0.717, 1.165) is 41.7 Å². The first kappa shape index (κ1) is 13.4. The van der Waals surface area contributed by atoms with Crippen LogP contribution in [-0.2, 0) is 0 Å². The van der Waals surface area contributed by atoms with Crippen LogP contribution in [-0.4, -0.2) is 19.1 Å². The van der Waals surface area contributed by atoms with Crippen molar-refractivity contribution >= 4 is 21.6 Å². The Labute approximate surface area is 117 Å². The number of nitrogens with two attached hydrogens (primary N) is 1. The molecule has 0 amide bonds. The zero-order valence-electron chi connectivity index (χ0n) is 10.6. The minimum atomic E-state index is 0.298. The maximum atomic E-state index is 9.23. The van der Waals surface area contributed by atoms with Crippen LogP contribution >= 0.6 is 15.9 Å². The minimum Gasteiger partial charge on any atom is -0.370 e. The van der Waals surface area contributed by atoms with E-state index >= 15 is 0 Å². The molecular formula is C14H18BrN3. The maximum Gasteiger partial charge on any atom is 0.101 e. The third-order valence-corrected chi connectivity index (χ3v) is 4.23. The molecule has 2 rings (SSSR count). The third-order valence-electron chi connectivity index (χ3n) is 3.74. The highest BCUT2D eigenvalue weighted by Gasteiger charge is 2.26. The van der Waals surface area contributed by atoms with Crippen molar-refractivity contribution in [3.63, 3.8) is 0 Å². The van der Waals surface area contributed by atoms with Gasteiger partial charge in [0.15, 0.2) is 0 Å². The number of piperidine rings is 1. The van der Waals surface area contributed by atoms with Crippen LogP contribution in [0.5, 0.6) is 0 Å². The zero-order chi connectivity index (χ0) is 13.1. The minimum absolute atomic E-state index is 0.298. The number of hydrogen-bond acceptors (Lipinski definition) is 3. The van der Waals surface area contributed by atoms with E-state index in [0.29, 0.717) is 12.0 Å². The fourth-order valence-corrected chi connectivity index (χ4v) is 2.94. The van der Waals surface area contributed by atoms with E-state index in [-0.39, 0.29) is 0 Å². The summed E-state index contributed by atoms with van der Waals surface area (Å²) in [5.41, 5.74) is 7.89. The fraction of sp³-hybridized carbons (Fsp3) is 0.500.